The smallest absolute Gasteiger partial charge is 0.144 e. The normalized spacial score (nSPS) is 17.8. The third kappa shape index (κ3) is 2.02. The lowest BCUT2D eigenvalue weighted by molar-refractivity contribution is -0.121. The van der Waals surface area contributed by atoms with Crippen molar-refractivity contribution < 1.29 is 14.4 Å². The van der Waals surface area contributed by atoms with Gasteiger partial charge < -0.3 is 9.63 Å². The van der Waals surface area contributed by atoms with Crippen LogP contribution in [0.25, 0.3) is 0 Å². The maximum absolute atomic E-state index is 11.5. The number of nitrogens with zero attached hydrogens (tertiary/aromatic N) is 1. The number of Topliss-reactive ketones (excluding diaryl/α,β-unsaturated/α-hetero) is 1. The van der Waals surface area contributed by atoms with Gasteiger partial charge >= 0.3 is 0 Å². The zero-order chi connectivity index (χ0) is 11.8. The Hall–Kier alpha value is -1.16. The highest BCUT2D eigenvalue weighted by atomic mass is 16.5. The molecule has 88 valence electrons. The topological polar surface area (TPSA) is 63.3 Å². The van der Waals surface area contributed by atoms with Crippen molar-refractivity contribution in [2.45, 2.75) is 38.5 Å². The highest BCUT2D eigenvalue weighted by Crippen LogP contribution is 2.47. The van der Waals surface area contributed by atoms with Crippen LogP contribution in [-0.2, 0) is 16.6 Å². The fourth-order valence-corrected chi connectivity index (χ4v) is 1.67. The molecule has 0 aromatic carbocycles. The van der Waals surface area contributed by atoms with Crippen molar-refractivity contribution in [3.05, 3.63) is 17.5 Å². The van der Waals surface area contributed by atoms with Crippen LogP contribution in [0.4, 0.5) is 0 Å². The summed E-state index contributed by atoms with van der Waals surface area (Å²) in [5.41, 5.74) is 0.615. The number of hydrogen-bond donors (Lipinski definition) is 1. The molecule has 0 unspecified atom stereocenters. The van der Waals surface area contributed by atoms with Crippen LogP contribution >= 0.6 is 0 Å². The molecule has 1 aromatic rings. The van der Waals surface area contributed by atoms with Crippen LogP contribution in [0, 0.1) is 5.92 Å². The zero-order valence-corrected chi connectivity index (χ0v) is 9.69. The lowest BCUT2D eigenvalue weighted by atomic mass is 10.0. The Bertz CT molecular complexity index is 391. The summed E-state index contributed by atoms with van der Waals surface area (Å²) in [6.07, 6.45) is 2.20. The molecule has 1 aromatic heterocycles. The summed E-state index contributed by atoms with van der Waals surface area (Å²) in [7, 11) is 0. The average molecular weight is 223 g/mol. The predicted octanol–water partition coefficient (Wildman–Crippen LogP) is 1.47. The Kier molecular flexibility index (Phi) is 2.84. The maximum Gasteiger partial charge on any atom is 0.144 e. The summed E-state index contributed by atoms with van der Waals surface area (Å²) in [6.45, 7) is 3.85. The van der Waals surface area contributed by atoms with Crippen molar-refractivity contribution in [3.8, 4) is 0 Å². The van der Waals surface area contributed by atoms with Crippen LogP contribution < -0.4 is 0 Å². The summed E-state index contributed by atoms with van der Waals surface area (Å²) in [5, 5.41) is 13.2. The Morgan fingerprint density at radius 2 is 2.31 bits per heavy atom. The van der Waals surface area contributed by atoms with Gasteiger partial charge in [0.1, 0.15) is 11.5 Å². The summed E-state index contributed by atoms with van der Waals surface area (Å²) in [4.78, 5) is 11.5. The quantitative estimate of drug-likeness (QED) is 0.821. The monoisotopic (exact) mass is 223 g/mol. The lowest BCUT2D eigenvalue weighted by Gasteiger charge is -2.04. The average Bonchev–Trinajstić information content (AvgIpc) is 2.93. The van der Waals surface area contributed by atoms with Gasteiger partial charge in [0.25, 0.3) is 0 Å². The molecule has 1 aliphatic carbocycles. The number of carbonyl (C=O) groups is 1. The van der Waals surface area contributed by atoms with Gasteiger partial charge in [-0.05, 0) is 12.8 Å². The fourth-order valence-electron chi connectivity index (χ4n) is 1.67. The molecule has 2 rings (SSSR count). The number of aliphatic hydroxyl groups excluding tert-OH is 1. The van der Waals surface area contributed by atoms with E-state index in [2.05, 4.69) is 5.16 Å². The minimum Gasteiger partial charge on any atom is -0.395 e. The Morgan fingerprint density at radius 3 is 2.81 bits per heavy atom. The van der Waals surface area contributed by atoms with Crippen LogP contribution in [0.5, 0.6) is 0 Å². The lowest BCUT2D eigenvalue weighted by Crippen LogP contribution is -2.12. The molecule has 4 heteroatoms. The van der Waals surface area contributed by atoms with Gasteiger partial charge in [-0.2, -0.15) is 0 Å². The van der Waals surface area contributed by atoms with Gasteiger partial charge in [-0.25, -0.2) is 0 Å². The van der Waals surface area contributed by atoms with Crippen LogP contribution in [0.3, 0.4) is 0 Å². The van der Waals surface area contributed by atoms with Crippen LogP contribution in [0.1, 0.15) is 38.1 Å². The first kappa shape index (κ1) is 11.3. The molecule has 1 fully saturated rings. The van der Waals surface area contributed by atoms with E-state index in [4.69, 9.17) is 4.52 Å². The molecule has 1 aliphatic rings. The highest BCUT2D eigenvalue weighted by molar-refractivity contribution is 5.82. The minimum absolute atomic E-state index is 0.0151. The molecule has 16 heavy (non-hydrogen) atoms. The van der Waals surface area contributed by atoms with E-state index in [-0.39, 0.29) is 23.7 Å². The van der Waals surface area contributed by atoms with E-state index in [1.807, 2.05) is 19.9 Å². The molecule has 0 radical (unpaired) electrons. The van der Waals surface area contributed by atoms with Gasteiger partial charge in [0.2, 0.25) is 0 Å². The van der Waals surface area contributed by atoms with Gasteiger partial charge in [-0.3, -0.25) is 4.79 Å². The van der Waals surface area contributed by atoms with Gasteiger partial charge in [0, 0.05) is 17.4 Å². The van der Waals surface area contributed by atoms with Crippen LogP contribution in [0.15, 0.2) is 10.6 Å². The molecule has 0 spiro atoms. The van der Waals surface area contributed by atoms with E-state index in [9.17, 15) is 9.90 Å². The fraction of sp³-hybridized carbons (Fsp3) is 0.667. The summed E-state index contributed by atoms with van der Waals surface area (Å²) < 4.78 is 5.13. The van der Waals surface area contributed by atoms with E-state index >= 15 is 0 Å². The van der Waals surface area contributed by atoms with Gasteiger partial charge in [0.05, 0.1) is 18.7 Å². The SMILES string of the molecule is CC(C)C(=O)Cc1cc(C2(CO)CC2)no1. The molecule has 0 saturated heterocycles. The second-order valence-corrected chi connectivity index (χ2v) is 4.91. The Morgan fingerprint density at radius 1 is 1.62 bits per heavy atom. The highest BCUT2D eigenvalue weighted by Gasteiger charge is 2.46. The molecular formula is C12H17NO3. The third-order valence-electron chi connectivity index (χ3n) is 3.25. The van der Waals surface area contributed by atoms with E-state index in [0.717, 1.165) is 18.5 Å². The Balaban J connectivity index is 2.06. The Labute approximate surface area is 94.6 Å². The molecule has 0 amide bonds. The first-order valence-corrected chi connectivity index (χ1v) is 5.67. The number of aromatic nitrogens is 1. The summed E-state index contributed by atoms with van der Waals surface area (Å²) in [6, 6.07) is 1.81. The van der Waals surface area contributed by atoms with Crippen LogP contribution in [0.2, 0.25) is 0 Å². The van der Waals surface area contributed by atoms with Crippen molar-refractivity contribution in [2.24, 2.45) is 5.92 Å². The molecule has 1 N–H and O–H groups in total. The molecular weight excluding hydrogens is 206 g/mol. The second-order valence-electron chi connectivity index (χ2n) is 4.91. The summed E-state index contributed by atoms with van der Waals surface area (Å²) >= 11 is 0. The van der Waals surface area contributed by atoms with E-state index in [1.165, 1.54) is 0 Å². The standard InChI is InChI=1S/C12H17NO3/c1-8(2)10(15)5-9-6-11(13-16-9)12(7-14)3-4-12/h6,8,14H,3-5,7H2,1-2H3. The van der Waals surface area contributed by atoms with Crippen molar-refractivity contribution in [1.82, 2.24) is 5.16 Å². The van der Waals surface area contributed by atoms with Crippen molar-refractivity contribution in [3.63, 3.8) is 0 Å². The predicted molar refractivity (Wildman–Crippen MR) is 58.0 cm³/mol. The number of aliphatic hydroxyl groups is 1. The first-order chi connectivity index (χ1) is 7.57. The van der Waals surface area contributed by atoms with E-state index < -0.39 is 0 Å². The van der Waals surface area contributed by atoms with Crippen molar-refractivity contribution >= 4 is 5.78 Å². The van der Waals surface area contributed by atoms with Crippen molar-refractivity contribution in [1.29, 1.82) is 0 Å². The van der Waals surface area contributed by atoms with Crippen molar-refractivity contribution in [2.75, 3.05) is 6.61 Å². The van der Waals surface area contributed by atoms with Gasteiger partial charge in [-0.1, -0.05) is 19.0 Å². The molecule has 0 atom stereocenters. The maximum atomic E-state index is 11.5. The number of rotatable bonds is 5. The number of hydrogen-bond acceptors (Lipinski definition) is 4. The van der Waals surface area contributed by atoms with Crippen LogP contribution in [-0.4, -0.2) is 22.7 Å². The number of carbonyl (C=O) groups excluding carboxylic acids is 1. The molecule has 1 heterocycles. The minimum atomic E-state index is -0.178. The van der Waals surface area contributed by atoms with E-state index in [0.29, 0.717) is 12.2 Å². The molecule has 4 nitrogen and oxygen atoms in total. The largest absolute Gasteiger partial charge is 0.395 e. The summed E-state index contributed by atoms with van der Waals surface area (Å²) in [5.74, 6) is 0.770. The van der Waals surface area contributed by atoms with E-state index in [1.54, 1.807) is 0 Å². The number of ketones is 1. The van der Waals surface area contributed by atoms with Gasteiger partial charge in [-0.15, -0.1) is 0 Å². The third-order valence-corrected chi connectivity index (χ3v) is 3.25. The first-order valence-electron chi connectivity index (χ1n) is 5.67. The molecule has 1 saturated carbocycles. The van der Waals surface area contributed by atoms with Gasteiger partial charge in [0.15, 0.2) is 0 Å². The molecule has 0 bridgehead atoms. The zero-order valence-electron chi connectivity index (χ0n) is 9.69. The molecule has 0 aliphatic heterocycles. The second kappa shape index (κ2) is 4.01.